The van der Waals surface area contributed by atoms with Gasteiger partial charge in [0.15, 0.2) is 0 Å². The van der Waals surface area contributed by atoms with Crippen LogP contribution >= 0.6 is 21.6 Å². The molecule has 2 atom stereocenters. The zero-order chi connectivity index (χ0) is 31.6. The zero-order valence-electron chi connectivity index (χ0n) is 26.1. The van der Waals surface area contributed by atoms with Gasteiger partial charge in [-0.2, -0.15) is 0 Å². The maximum Gasteiger partial charge on any atom is 0.266 e. The molecule has 0 aliphatic carbocycles. The van der Waals surface area contributed by atoms with Crippen LogP contribution in [0.5, 0.6) is 0 Å². The molecule has 2 N–H and O–H groups in total. The van der Waals surface area contributed by atoms with Gasteiger partial charge in [0.2, 0.25) is 0 Å². The SMILES string of the molecule is O=C(NN1CCCCC1Cc1ccccc1)c1ccccc1SSc1ccccc1C(=O)NN1CCCCC1Cc1ccccc1. The van der Waals surface area contributed by atoms with E-state index in [9.17, 15) is 9.59 Å². The standard InChI is InChI=1S/C38H42N4O2S2/c43-37(39-41-25-13-11-19-31(41)27-29-15-3-1-4-16-29)33-21-7-9-23-35(33)45-46-36-24-10-8-22-34(36)38(44)40-42-26-14-12-20-32(42)28-30-17-5-2-6-18-30/h1-10,15-18,21-24,31-32H,11-14,19-20,25-28H2,(H,39,43)(H,40,44). The molecule has 0 bridgehead atoms. The van der Waals surface area contributed by atoms with Crippen molar-refractivity contribution in [3.63, 3.8) is 0 Å². The first-order chi connectivity index (χ1) is 22.6. The summed E-state index contributed by atoms with van der Waals surface area (Å²) in [5, 5.41) is 4.28. The van der Waals surface area contributed by atoms with Crippen molar-refractivity contribution in [1.82, 2.24) is 20.9 Å². The fourth-order valence-corrected chi connectivity index (χ4v) is 8.78. The summed E-state index contributed by atoms with van der Waals surface area (Å²) in [7, 11) is 3.04. The number of nitrogens with one attached hydrogen (secondary N) is 2. The maximum atomic E-state index is 13.7. The Bertz CT molecular complexity index is 1470. The summed E-state index contributed by atoms with van der Waals surface area (Å²) in [6.07, 6.45) is 8.43. The second-order valence-corrected chi connectivity index (χ2v) is 14.3. The maximum absolute atomic E-state index is 13.7. The fourth-order valence-electron chi connectivity index (χ4n) is 6.42. The van der Waals surface area contributed by atoms with E-state index in [-0.39, 0.29) is 23.9 Å². The second-order valence-electron chi connectivity index (χ2n) is 12.1. The van der Waals surface area contributed by atoms with E-state index in [1.54, 1.807) is 0 Å². The van der Waals surface area contributed by atoms with Crippen LogP contribution in [0, 0.1) is 0 Å². The van der Waals surface area contributed by atoms with Crippen LogP contribution in [0.25, 0.3) is 0 Å². The van der Waals surface area contributed by atoms with E-state index in [0.29, 0.717) is 11.1 Å². The van der Waals surface area contributed by atoms with Gasteiger partial charge in [-0.3, -0.25) is 20.4 Å². The van der Waals surface area contributed by atoms with E-state index in [1.165, 1.54) is 45.6 Å². The van der Waals surface area contributed by atoms with E-state index in [2.05, 4.69) is 69.4 Å². The molecule has 2 saturated heterocycles. The third-order valence-electron chi connectivity index (χ3n) is 8.86. The Morgan fingerprint density at radius 2 is 0.935 bits per heavy atom. The Morgan fingerprint density at radius 1 is 0.543 bits per heavy atom. The fraction of sp³-hybridized carbons (Fsp3) is 0.316. The predicted molar refractivity (Wildman–Crippen MR) is 189 cm³/mol. The lowest BCUT2D eigenvalue weighted by atomic mass is 9.97. The van der Waals surface area contributed by atoms with Crippen LogP contribution in [0.2, 0.25) is 0 Å². The zero-order valence-corrected chi connectivity index (χ0v) is 27.8. The quantitative estimate of drug-likeness (QED) is 0.161. The van der Waals surface area contributed by atoms with Crippen LogP contribution in [0.4, 0.5) is 0 Å². The molecule has 2 unspecified atom stereocenters. The molecular formula is C38H42N4O2S2. The highest BCUT2D eigenvalue weighted by molar-refractivity contribution is 8.76. The van der Waals surface area contributed by atoms with Crippen LogP contribution < -0.4 is 10.9 Å². The first-order valence-electron chi connectivity index (χ1n) is 16.4. The van der Waals surface area contributed by atoms with Gasteiger partial charge >= 0.3 is 0 Å². The van der Waals surface area contributed by atoms with Crippen LogP contribution in [0.15, 0.2) is 119 Å². The first kappa shape index (κ1) is 32.4. The summed E-state index contributed by atoms with van der Waals surface area (Å²) in [6, 6.07) is 37.0. The summed E-state index contributed by atoms with van der Waals surface area (Å²) in [6.45, 7) is 1.69. The highest BCUT2D eigenvalue weighted by atomic mass is 33.1. The molecular weight excluding hydrogens is 609 g/mol. The summed E-state index contributed by atoms with van der Waals surface area (Å²) in [5.74, 6) is -0.187. The first-order valence-corrected chi connectivity index (χ1v) is 18.5. The van der Waals surface area contributed by atoms with Gasteiger partial charge in [-0.15, -0.1) is 0 Å². The van der Waals surface area contributed by atoms with Crippen LogP contribution in [-0.4, -0.2) is 47.0 Å². The molecule has 0 aromatic heterocycles. The average Bonchev–Trinajstić information content (AvgIpc) is 3.10. The summed E-state index contributed by atoms with van der Waals surface area (Å²) in [5.41, 5.74) is 10.3. The number of hydrogen-bond acceptors (Lipinski definition) is 6. The van der Waals surface area contributed by atoms with Crippen molar-refractivity contribution in [1.29, 1.82) is 0 Å². The van der Waals surface area contributed by atoms with Gasteiger partial charge in [0.05, 0.1) is 11.1 Å². The van der Waals surface area contributed by atoms with Crippen LogP contribution in [-0.2, 0) is 12.8 Å². The molecule has 2 heterocycles. The van der Waals surface area contributed by atoms with Crippen molar-refractivity contribution in [3.8, 4) is 0 Å². The summed E-state index contributed by atoms with van der Waals surface area (Å²) >= 11 is 0. The Kier molecular flexibility index (Phi) is 11.5. The minimum atomic E-state index is -0.0933. The lowest BCUT2D eigenvalue weighted by Crippen LogP contribution is -2.51. The number of amides is 2. The molecule has 46 heavy (non-hydrogen) atoms. The lowest BCUT2D eigenvalue weighted by molar-refractivity contribution is 0.0566. The molecule has 2 amide bonds. The van der Waals surface area contributed by atoms with E-state index in [0.717, 1.165) is 61.4 Å². The minimum Gasteiger partial charge on any atom is -0.284 e. The third-order valence-corrected chi connectivity index (χ3v) is 11.3. The molecule has 2 fully saturated rings. The van der Waals surface area contributed by atoms with Gasteiger partial charge in [0.25, 0.3) is 11.8 Å². The van der Waals surface area contributed by atoms with Gasteiger partial charge in [-0.05, 0) is 73.9 Å². The monoisotopic (exact) mass is 650 g/mol. The van der Waals surface area contributed by atoms with Crippen molar-refractivity contribution in [2.24, 2.45) is 0 Å². The Hall–Kier alpha value is -3.56. The number of hydrogen-bond donors (Lipinski definition) is 2. The van der Waals surface area contributed by atoms with E-state index >= 15 is 0 Å². The summed E-state index contributed by atoms with van der Waals surface area (Å²) in [4.78, 5) is 29.1. The van der Waals surface area contributed by atoms with Crippen molar-refractivity contribution >= 4 is 33.4 Å². The van der Waals surface area contributed by atoms with E-state index < -0.39 is 0 Å². The Balaban J connectivity index is 1.10. The van der Waals surface area contributed by atoms with E-state index in [4.69, 9.17) is 0 Å². The van der Waals surface area contributed by atoms with Crippen molar-refractivity contribution in [3.05, 3.63) is 131 Å². The average molecular weight is 651 g/mol. The molecule has 6 nitrogen and oxygen atoms in total. The number of carbonyl (C=O) groups is 2. The second kappa shape index (κ2) is 16.3. The normalized spacial score (nSPS) is 19.0. The Morgan fingerprint density at radius 3 is 1.37 bits per heavy atom. The highest BCUT2D eigenvalue weighted by Gasteiger charge is 2.27. The number of nitrogens with zero attached hydrogens (tertiary/aromatic N) is 2. The molecule has 0 saturated carbocycles. The number of rotatable bonds is 11. The van der Waals surface area contributed by atoms with Gasteiger partial charge in [0.1, 0.15) is 0 Å². The largest absolute Gasteiger partial charge is 0.284 e. The smallest absolute Gasteiger partial charge is 0.266 e. The number of benzene rings is 4. The highest BCUT2D eigenvalue weighted by Crippen LogP contribution is 2.40. The molecule has 4 aromatic carbocycles. The molecule has 238 valence electrons. The summed E-state index contributed by atoms with van der Waals surface area (Å²) < 4.78 is 0. The molecule has 2 aliphatic heterocycles. The van der Waals surface area contributed by atoms with Crippen molar-refractivity contribution in [2.45, 2.75) is 73.2 Å². The molecule has 0 spiro atoms. The molecule has 0 radical (unpaired) electrons. The molecule has 8 heteroatoms. The predicted octanol–water partition coefficient (Wildman–Crippen LogP) is 7.97. The van der Waals surface area contributed by atoms with Crippen molar-refractivity contribution < 1.29 is 9.59 Å². The number of piperidine rings is 2. The molecule has 4 aromatic rings. The minimum absolute atomic E-state index is 0.0933. The van der Waals surface area contributed by atoms with Gasteiger partial charge < -0.3 is 0 Å². The number of hydrazine groups is 2. The van der Waals surface area contributed by atoms with Crippen LogP contribution in [0.1, 0.15) is 70.4 Å². The Labute approximate surface area is 280 Å². The van der Waals surface area contributed by atoms with Crippen LogP contribution in [0.3, 0.4) is 0 Å². The molecule has 2 aliphatic rings. The topological polar surface area (TPSA) is 64.7 Å². The van der Waals surface area contributed by atoms with Gasteiger partial charge in [-0.1, -0.05) is 119 Å². The lowest BCUT2D eigenvalue weighted by Gasteiger charge is -2.36. The van der Waals surface area contributed by atoms with E-state index in [1.807, 2.05) is 60.7 Å². The van der Waals surface area contributed by atoms with Gasteiger partial charge in [-0.25, -0.2) is 10.0 Å². The number of carbonyl (C=O) groups excluding carboxylic acids is 2. The molecule has 6 rings (SSSR count). The van der Waals surface area contributed by atoms with Crippen molar-refractivity contribution in [2.75, 3.05) is 13.1 Å². The van der Waals surface area contributed by atoms with Gasteiger partial charge in [0, 0.05) is 35.0 Å². The third kappa shape index (κ3) is 8.62.